The molecule has 4 nitrogen and oxygen atoms in total. The second-order valence-electron chi connectivity index (χ2n) is 5.03. The van der Waals surface area contributed by atoms with Crippen molar-refractivity contribution in [2.45, 2.75) is 58.4 Å². The van der Waals surface area contributed by atoms with E-state index >= 15 is 0 Å². The van der Waals surface area contributed by atoms with E-state index in [-0.39, 0.29) is 6.04 Å². The van der Waals surface area contributed by atoms with Gasteiger partial charge in [-0.25, -0.2) is 4.98 Å². The van der Waals surface area contributed by atoms with Crippen molar-refractivity contribution >= 4 is 22.1 Å². The highest BCUT2D eigenvalue weighted by atomic mass is 32.1. The molecule has 0 aliphatic rings. The average Bonchev–Trinajstić information content (AvgIpc) is 3.03. The Morgan fingerprint density at radius 2 is 2.20 bits per heavy atom. The summed E-state index contributed by atoms with van der Waals surface area (Å²) in [5, 5.41) is 14.7. The third-order valence-corrected chi connectivity index (χ3v) is 4.17. The first-order valence-corrected chi connectivity index (χ1v) is 8.28. The number of unbranched alkanes of at least 4 members (excludes halogenated alkanes) is 2. The lowest BCUT2D eigenvalue weighted by Gasteiger charge is -2.13. The summed E-state index contributed by atoms with van der Waals surface area (Å²) in [6, 6.07) is 2.24. The molecule has 0 aromatic carbocycles. The molecule has 1 atom stereocenters. The first kappa shape index (κ1) is 14.9. The molecular formula is C15H22N4S. The fourth-order valence-corrected chi connectivity index (χ4v) is 2.98. The van der Waals surface area contributed by atoms with Gasteiger partial charge in [0.1, 0.15) is 11.9 Å². The van der Waals surface area contributed by atoms with Crippen LogP contribution in [0, 0.1) is 11.3 Å². The van der Waals surface area contributed by atoms with E-state index in [1.54, 1.807) is 11.3 Å². The molecule has 1 unspecified atom stereocenters. The van der Waals surface area contributed by atoms with Gasteiger partial charge in [0, 0.05) is 11.6 Å². The highest BCUT2D eigenvalue weighted by molar-refractivity contribution is 7.15. The smallest absolute Gasteiger partial charge is 0.195 e. The third-order valence-electron chi connectivity index (χ3n) is 3.41. The quantitative estimate of drug-likeness (QED) is 0.791. The van der Waals surface area contributed by atoms with E-state index in [2.05, 4.69) is 34.6 Å². The monoisotopic (exact) mass is 290 g/mol. The number of imidazole rings is 1. The first-order chi connectivity index (χ1) is 9.80. The van der Waals surface area contributed by atoms with Crippen molar-refractivity contribution in [3.63, 3.8) is 0 Å². The number of aromatic nitrogens is 2. The predicted octanol–water partition coefficient (Wildman–Crippen LogP) is 4.23. The highest BCUT2D eigenvalue weighted by Gasteiger charge is 2.16. The van der Waals surface area contributed by atoms with Gasteiger partial charge in [-0.2, -0.15) is 5.26 Å². The Kier molecular flexibility index (Phi) is 5.42. The van der Waals surface area contributed by atoms with E-state index < -0.39 is 0 Å². The van der Waals surface area contributed by atoms with Crippen molar-refractivity contribution in [2.24, 2.45) is 0 Å². The zero-order valence-electron chi connectivity index (χ0n) is 12.2. The van der Waals surface area contributed by atoms with Crippen LogP contribution in [0.25, 0.3) is 4.96 Å². The number of hydrogen-bond donors (Lipinski definition) is 1. The lowest BCUT2D eigenvalue weighted by Crippen LogP contribution is -2.19. The molecule has 2 heterocycles. The fourth-order valence-electron chi connectivity index (χ4n) is 2.24. The maximum atomic E-state index is 9.30. The van der Waals surface area contributed by atoms with E-state index in [0.29, 0.717) is 0 Å². The lowest BCUT2D eigenvalue weighted by molar-refractivity contribution is 0.683. The van der Waals surface area contributed by atoms with Gasteiger partial charge in [0.25, 0.3) is 0 Å². The van der Waals surface area contributed by atoms with Crippen molar-refractivity contribution in [1.29, 1.82) is 5.26 Å². The van der Waals surface area contributed by atoms with Crippen molar-refractivity contribution in [3.8, 4) is 6.07 Å². The van der Waals surface area contributed by atoms with Crippen molar-refractivity contribution < 1.29 is 0 Å². The number of aryl methyl sites for hydroxylation is 1. The predicted molar refractivity (Wildman–Crippen MR) is 84.2 cm³/mol. The Morgan fingerprint density at radius 1 is 1.40 bits per heavy atom. The highest BCUT2D eigenvalue weighted by Crippen LogP contribution is 2.24. The number of anilines is 1. The molecular weight excluding hydrogens is 268 g/mol. The molecule has 2 aromatic heterocycles. The summed E-state index contributed by atoms with van der Waals surface area (Å²) in [6.45, 7) is 4.34. The second kappa shape index (κ2) is 7.30. The summed E-state index contributed by atoms with van der Waals surface area (Å²) < 4.78 is 2.08. The van der Waals surface area contributed by atoms with E-state index in [0.717, 1.165) is 55.0 Å². The van der Waals surface area contributed by atoms with Gasteiger partial charge in [0.15, 0.2) is 4.96 Å². The average molecular weight is 290 g/mol. The zero-order chi connectivity index (χ0) is 14.4. The Balaban J connectivity index is 2.21. The summed E-state index contributed by atoms with van der Waals surface area (Å²) in [4.78, 5) is 5.69. The van der Waals surface area contributed by atoms with Gasteiger partial charge in [0.05, 0.1) is 11.8 Å². The first-order valence-electron chi connectivity index (χ1n) is 7.40. The molecule has 0 bridgehead atoms. The Hall–Kier alpha value is -1.54. The Morgan fingerprint density at radius 3 is 2.90 bits per heavy atom. The van der Waals surface area contributed by atoms with Gasteiger partial charge < -0.3 is 5.32 Å². The molecule has 0 spiro atoms. The van der Waals surface area contributed by atoms with Crippen LogP contribution in [0.3, 0.4) is 0 Å². The molecule has 5 heteroatoms. The van der Waals surface area contributed by atoms with Crippen LogP contribution in [-0.4, -0.2) is 15.4 Å². The molecule has 0 aliphatic carbocycles. The van der Waals surface area contributed by atoms with Crippen LogP contribution in [-0.2, 0) is 6.42 Å². The number of rotatable bonds is 8. The van der Waals surface area contributed by atoms with E-state index in [1.807, 2.05) is 11.6 Å². The van der Waals surface area contributed by atoms with E-state index in [1.165, 1.54) is 0 Å². The normalized spacial score (nSPS) is 12.4. The Bertz CT molecular complexity index is 578. The summed E-state index contributed by atoms with van der Waals surface area (Å²) >= 11 is 1.64. The van der Waals surface area contributed by atoms with Crippen LogP contribution in [0.4, 0.5) is 5.82 Å². The molecule has 0 radical (unpaired) electrons. The molecule has 2 rings (SSSR count). The summed E-state index contributed by atoms with van der Waals surface area (Å²) in [5.74, 6) is 1.01. The molecule has 0 aliphatic heterocycles. The second-order valence-corrected chi connectivity index (χ2v) is 5.91. The molecule has 1 N–H and O–H groups in total. The largest absolute Gasteiger partial charge is 0.354 e. The third kappa shape index (κ3) is 3.31. The maximum absolute atomic E-state index is 9.30. The molecule has 0 saturated carbocycles. The van der Waals surface area contributed by atoms with E-state index in [9.17, 15) is 5.26 Å². The van der Waals surface area contributed by atoms with Crippen molar-refractivity contribution in [3.05, 3.63) is 17.3 Å². The SMILES string of the molecule is CCCCc1nc2sccn2c1NC(C#N)CCCC. The summed E-state index contributed by atoms with van der Waals surface area (Å²) in [5.41, 5.74) is 1.09. The minimum Gasteiger partial charge on any atom is -0.354 e. The fraction of sp³-hybridized carbons (Fsp3) is 0.600. The van der Waals surface area contributed by atoms with Gasteiger partial charge in [-0.1, -0.05) is 33.1 Å². The number of nitrogens with one attached hydrogen (secondary N) is 1. The van der Waals surface area contributed by atoms with Crippen LogP contribution >= 0.6 is 11.3 Å². The standard InChI is InChI=1S/C15H22N4S/c1-3-5-7-12(11-16)17-14-13(8-6-4-2)18-15-19(14)9-10-20-15/h9-10,12,17H,3-8H2,1-2H3. The van der Waals surface area contributed by atoms with Crippen LogP contribution in [0.1, 0.15) is 51.6 Å². The number of hydrogen-bond acceptors (Lipinski definition) is 4. The molecule has 0 fully saturated rings. The molecule has 20 heavy (non-hydrogen) atoms. The zero-order valence-corrected chi connectivity index (χ0v) is 13.0. The topological polar surface area (TPSA) is 53.1 Å². The maximum Gasteiger partial charge on any atom is 0.195 e. The van der Waals surface area contributed by atoms with Crippen molar-refractivity contribution in [2.75, 3.05) is 5.32 Å². The van der Waals surface area contributed by atoms with E-state index in [4.69, 9.17) is 0 Å². The lowest BCUT2D eigenvalue weighted by atomic mass is 10.1. The van der Waals surface area contributed by atoms with Crippen LogP contribution in [0.2, 0.25) is 0 Å². The number of nitrogens with zero attached hydrogens (tertiary/aromatic N) is 3. The summed E-state index contributed by atoms with van der Waals surface area (Å²) in [7, 11) is 0. The van der Waals surface area contributed by atoms with Crippen LogP contribution in [0.5, 0.6) is 0 Å². The van der Waals surface area contributed by atoms with Gasteiger partial charge in [0.2, 0.25) is 0 Å². The molecule has 0 amide bonds. The number of thiazole rings is 1. The number of fused-ring (bicyclic) bond motifs is 1. The van der Waals surface area contributed by atoms with Crippen LogP contribution < -0.4 is 5.32 Å². The summed E-state index contributed by atoms with van der Waals surface area (Å²) in [6.07, 6.45) is 8.35. The van der Waals surface area contributed by atoms with Crippen molar-refractivity contribution in [1.82, 2.24) is 9.38 Å². The minimum absolute atomic E-state index is 0.130. The van der Waals surface area contributed by atoms with Gasteiger partial charge in [-0.3, -0.25) is 4.40 Å². The number of nitriles is 1. The molecule has 108 valence electrons. The van der Waals surface area contributed by atoms with Gasteiger partial charge in [-0.15, -0.1) is 11.3 Å². The Labute approximate surface area is 124 Å². The van der Waals surface area contributed by atoms with Crippen LogP contribution in [0.15, 0.2) is 11.6 Å². The minimum atomic E-state index is -0.130. The molecule has 2 aromatic rings. The van der Waals surface area contributed by atoms with Gasteiger partial charge in [-0.05, 0) is 19.3 Å². The van der Waals surface area contributed by atoms with Gasteiger partial charge >= 0.3 is 0 Å². The molecule has 0 saturated heterocycles.